The summed E-state index contributed by atoms with van der Waals surface area (Å²) in [6, 6.07) is 0. The van der Waals surface area contributed by atoms with E-state index >= 15 is 0 Å². The fraction of sp³-hybridized carbons (Fsp3) is 0.882. The zero-order valence-electron chi connectivity index (χ0n) is 15.0. The summed E-state index contributed by atoms with van der Waals surface area (Å²) in [6.45, 7) is 14.7. The minimum atomic E-state index is -1.49. The molecule has 5 heteroatoms. The van der Waals surface area contributed by atoms with Crippen LogP contribution in [0.1, 0.15) is 25.7 Å². The Labute approximate surface area is 137 Å². The van der Waals surface area contributed by atoms with E-state index in [0.717, 1.165) is 32.3 Å². The number of hydrogen-bond donors (Lipinski definition) is 1. The summed E-state index contributed by atoms with van der Waals surface area (Å²) in [7, 11) is -2.82. The second-order valence-corrected chi connectivity index (χ2v) is 18.9. The van der Waals surface area contributed by atoms with Crippen LogP contribution in [0.2, 0.25) is 39.3 Å². The standard InChI is InChI=1S/C17H32O3Si2/c1-21(2,3)12-8-10-17(22(4,5)6)16(20-17)13-15-14(18)9-7-11-19-15/h14-16,18H,7,9-11,13H2,1-6H3/t14-,15+,16-,17+/m1/s1. The van der Waals surface area contributed by atoms with Crippen LogP contribution in [0.25, 0.3) is 0 Å². The van der Waals surface area contributed by atoms with Crippen molar-refractivity contribution in [3.05, 3.63) is 0 Å². The molecule has 2 rings (SSSR count). The number of epoxide rings is 1. The van der Waals surface area contributed by atoms with Crippen LogP contribution in [-0.2, 0) is 9.47 Å². The molecule has 0 radical (unpaired) electrons. The number of aliphatic hydroxyl groups excluding tert-OH is 1. The third kappa shape index (κ3) is 4.24. The Bertz CT molecular complexity index is 455. The predicted molar refractivity (Wildman–Crippen MR) is 96.3 cm³/mol. The quantitative estimate of drug-likeness (QED) is 0.485. The molecule has 22 heavy (non-hydrogen) atoms. The van der Waals surface area contributed by atoms with Gasteiger partial charge in [-0.1, -0.05) is 39.3 Å². The molecule has 2 fully saturated rings. The maximum atomic E-state index is 10.1. The fourth-order valence-corrected chi connectivity index (χ4v) is 6.06. The van der Waals surface area contributed by atoms with Crippen LogP contribution in [0.3, 0.4) is 0 Å². The molecule has 2 heterocycles. The molecular formula is C17H32O3Si2. The van der Waals surface area contributed by atoms with E-state index in [1.807, 2.05) is 0 Å². The van der Waals surface area contributed by atoms with E-state index in [0.29, 0.717) is 0 Å². The van der Waals surface area contributed by atoms with Crippen molar-refractivity contribution in [1.82, 2.24) is 0 Å². The molecule has 0 unspecified atom stereocenters. The van der Waals surface area contributed by atoms with Gasteiger partial charge in [0.15, 0.2) is 0 Å². The van der Waals surface area contributed by atoms with Crippen LogP contribution < -0.4 is 0 Å². The minimum absolute atomic E-state index is 0.0415. The number of rotatable bonds is 4. The Morgan fingerprint density at radius 1 is 1.18 bits per heavy atom. The molecule has 2 aliphatic heterocycles. The van der Waals surface area contributed by atoms with Gasteiger partial charge < -0.3 is 14.6 Å². The number of ether oxygens (including phenoxy) is 2. The SMILES string of the molecule is C[Si](C)(C)C#CC[C@@]1([Si](C)(C)C)O[C@@H]1C[C@@H]1OCCC[C@H]1O. The first-order valence-corrected chi connectivity index (χ1v) is 15.5. The third-order valence-electron chi connectivity index (χ3n) is 4.75. The lowest BCUT2D eigenvalue weighted by Crippen LogP contribution is -2.45. The smallest absolute Gasteiger partial charge is 0.129 e. The Hall–Kier alpha value is -0.126. The minimum Gasteiger partial charge on any atom is -0.390 e. The molecular weight excluding hydrogens is 308 g/mol. The van der Waals surface area contributed by atoms with Crippen molar-refractivity contribution >= 4 is 16.1 Å². The van der Waals surface area contributed by atoms with E-state index < -0.39 is 16.1 Å². The van der Waals surface area contributed by atoms with Crippen molar-refractivity contribution in [2.45, 2.75) is 88.5 Å². The molecule has 3 nitrogen and oxygen atoms in total. The maximum Gasteiger partial charge on any atom is 0.129 e. The van der Waals surface area contributed by atoms with Crippen LogP contribution in [0.4, 0.5) is 0 Å². The summed E-state index contributed by atoms with van der Waals surface area (Å²) in [4.78, 5) is 0. The highest BCUT2D eigenvalue weighted by Crippen LogP contribution is 2.49. The Kier molecular flexibility index (Phi) is 5.30. The molecule has 1 N–H and O–H groups in total. The zero-order chi connectivity index (χ0) is 16.6. The van der Waals surface area contributed by atoms with Crippen molar-refractivity contribution in [1.29, 1.82) is 0 Å². The highest BCUT2D eigenvalue weighted by atomic mass is 28.3. The van der Waals surface area contributed by atoms with Gasteiger partial charge in [0.25, 0.3) is 0 Å². The number of aliphatic hydroxyl groups is 1. The Morgan fingerprint density at radius 2 is 1.86 bits per heavy atom. The largest absolute Gasteiger partial charge is 0.390 e. The van der Waals surface area contributed by atoms with E-state index in [2.05, 4.69) is 50.7 Å². The van der Waals surface area contributed by atoms with E-state index in [1.165, 1.54) is 0 Å². The van der Waals surface area contributed by atoms with Crippen molar-refractivity contribution in [3.8, 4) is 11.5 Å². The summed E-state index contributed by atoms with van der Waals surface area (Å²) < 4.78 is 12.0. The van der Waals surface area contributed by atoms with Gasteiger partial charge in [0.2, 0.25) is 0 Å². The molecule has 0 aliphatic carbocycles. The molecule has 4 atom stereocenters. The van der Waals surface area contributed by atoms with Gasteiger partial charge in [-0.2, -0.15) is 0 Å². The molecule has 0 bridgehead atoms. The average Bonchev–Trinajstić information content (AvgIpc) is 3.05. The van der Waals surface area contributed by atoms with Gasteiger partial charge in [0.05, 0.1) is 31.6 Å². The van der Waals surface area contributed by atoms with Crippen molar-refractivity contribution < 1.29 is 14.6 Å². The Morgan fingerprint density at radius 3 is 2.41 bits per heavy atom. The molecule has 2 saturated heterocycles. The molecule has 0 aromatic carbocycles. The predicted octanol–water partition coefficient (Wildman–Crippen LogP) is 3.20. The summed E-state index contributed by atoms with van der Waals surface area (Å²) >= 11 is 0. The van der Waals surface area contributed by atoms with Crippen molar-refractivity contribution in [3.63, 3.8) is 0 Å². The summed E-state index contributed by atoms with van der Waals surface area (Å²) in [6.07, 6.45) is 3.32. The van der Waals surface area contributed by atoms with Crippen LogP contribution in [0.5, 0.6) is 0 Å². The molecule has 126 valence electrons. The lowest BCUT2D eigenvalue weighted by Gasteiger charge is -2.29. The second-order valence-electron chi connectivity index (χ2n) is 8.83. The highest BCUT2D eigenvalue weighted by Gasteiger charge is 2.64. The lowest BCUT2D eigenvalue weighted by atomic mass is 10.00. The molecule has 2 aliphatic rings. The molecule has 0 saturated carbocycles. The topological polar surface area (TPSA) is 42.0 Å². The first-order valence-electron chi connectivity index (χ1n) is 8.53. The third-order valence-corrected chi connectivity index (χ3v) is 8.83. The van der Waals surface area contributed by atoms with Crippen molar-refractivity contribution in [2.24, 2.45) is 0 Å². The lowest BCUT2D eigenvalue weighted by molar-refractivity contribution is -0.0791. The molecule has 0 aromatic heterocycles. The van der Waals surface area contributed by atoms with Gasteiger partial charge in [-0.3, -0.25) is 0 Å². The summed E-state index contributed by atoms with van der Waals surface area (Å²) in [5.74, 6) is 3.43. The van der Waals surface area contributed by atoms with Gasteiger partial charge in [-0.05, 0) is 12.8 Å². The van der Waals surface area contributed by atoms with Crippen LogP contribution in [0, 0.1) is 11.5 Å². The van der Waals surface area contributed by atoms with E-state index in [-0.39, 0.29) is 23.5 Å². The van der Waals surface area contributed by atoms with E-state index in [1.54, 1.807) is 0 Å². The highest BCUT2D eigenvalue weighted by molar-refractivity contribution is 6.84. The monoisotopic (exact) mass is 340 g/mol. The Balaban J connectivity index is 2.02. The zero-order valence-corrected chi connectivity index (χ0v) is 17.0. The normalized spacial score (nSPS) is 35.7. The first kappa shape index (κ1) is 18.2. The second kappa shape index (κ2) is 6.41. The fourth-order valence-electron chi connectivity index (χ4n) is 3.24. The summed E-state index contributed by atoms with van der Waals surface area (Å²) in [5.41, 5.74) is 3.47. The van der Waals surface area contributed by atoms with Crippen LogP contribution in [-0.4, -0.2) is 51.4 Å². The van der Waals surface area contributed by atoms with Crippen LogP contribution >= 0.6 is 0 Å². The maximum absolute atomic E-state index is 10.1. The van der Waals surface area contributed by atoms with E-state index in [4.69, 9.17) is 9.47 Å². The van der Waals surface area contributed by atoms with E-state index in [9.17, 15) is 5.11 Å². The molecule has 0 spiro atoms. The van der Waals surface area contributed by atoms with Crippen molar-refractivity contribution in [2.75, 3.05) is 6.61 Å². The molecule has 0 amide bonds. The van der Waals surface area contributed by atoms with Gasteiger partial charge in [-0.25, -0.2) is 0 Å². The average molecular weight is 341 g/mol. The number of hydrogen-bond acceptors (Lipinski definition) is 3. The van der Waals surface area contributed by atoms with Gasteiger partial charge in [0.1, 0.15) is 8.07 Å². The van der Waals surface area contributed by atoms with Gasteiger partial charge in [0, 0.05) is 19.4 Å². The summed E-state index contributed by atoms with van der Waals surface area (Å²) in [5, 5.41) is 10.1. The van der Waals surface area contributed by atoms with Crippen LogP contribution in [0.15, 0.2) is 0 Å². The molecule has 0 aromatic rings. The van der Waals surface area contributed by atoms with Gasteiger partial charge in [-0.15, -0.1) is 11.5 Å². The van der Waals surface area contributed by atoms with Gasteiger partial charge >= 0.3 is 0 Å². The first-order chi connectivity index (χ1) is 10.1.